The zero-order chi connectivity index (χ0) is 15.1. The van der Waals surface area contributed by atoms with Crippen LogP contribution in [0.2, 0.25) is 5.02 Å². The molecule has 1 N–H and O–H groups in total. The largest absolute Gasteiger partial charge is 0.491 e. The van der Waals surface area contributed by atoms with Crippen molar-refractivity contribution in [2.45, 2.75) is 38.1 Å². The van der Waals surface area contributed by atoms with Crippen molar-refractivity contribution < 1.29 is 14.6 Å². The van der Waals surface area contributed by atoms with E-state index in [2.05, 4.69) is 0 Å². The van der Waals surface area contributed by atoms with Gasteiger partial charge < -0.3 is 14.7 Å². The summed E-state index contributed by atoms with van der Waals surface area (Å²) in [5, 5.41) is 9.50. The van der Waals surface area contributed by atoms with E-state index in [1.54, 1.807) is 12.1 Å². The van der Waals surface area contributed by atoms with Crippen LogP contribution in [0.5, 0.6) is 5.75 Å². The Morgan fingerprint density at radius 3 is 2.76 bits per heavy atom. The molecule has 0 aliphatic heterocycles. The first-order valence-corrected chi connectivity index (χ1v) is 7.88. The number of hydrogen-bond acceptors (Lipinski definition) is 3. The number of carbonyl (C=O) groups excluding carboxylic acids is 1. The van der Waals surface area contributed by atoms with Crippen molar-refractivity contribution in [2.75, 3.05) is 19.8 Å². The van der Waals surface area contributed by atoms with Gasteiger partial charge in [0, 0.05) is 19.2 Å². The monoisotopic (exact) mass is 311 g/mol. The van der Waals surface area contributed by atoms with E-state index in [0.29, 0.717) is 42.8 Å². The van der Waals surface area contributed by atoms with Crippen molar-refractivity contribution in [1.82, 2.24) is 4.90 Å². The minimum absolute atomic E-state index is 0.0974. The maximum Gasteiger partial charge on any atom is 0.226 e. The fourth-order valence-corrected chi connectivity index (χ4v) is 2.59. The third-order valence-electron chi connectivity index (χ3n) is 3.80. The molecule has 4 nitrogen and oxygen atoms in total. The Balaban J connectivity index is 1.80. The molecule has 1 aromatic rings. The fraction of sp³-hybridized carbons (Fsp3) is 0.562. The lowest BCUT2D eigenvalue weighted by Gasteiger charge is -2.37. The molecule has 0 radical (unpaired) electrons. The van der Waals surface area contributed by atoms with Crippen LogP contribution < -0.4 is 4.74 Å². The fourth-order valence-electron chi connectivity index (χ4n) is 2.40. The predicted molar refractivity (Wildman–Crippen MR) is 82.6 cm³/mol. The van der Waals surface area contributed by atoms with Crippen LogP contribution in [0.3, 0.4) is 0 Å². The Morgan fingerprint density at radius 1 is 1.38 bits per heavy atom. The van der Waals surface area contributed by atoms with Crippen molar-refractivity contribution in [1.29, 1.82) is 0 Å². The van der Waals surface area contributed by atoms with Crippen LogP contribution in [-0.2, 0) is 4.79 Å². The van der Waals surface area contributed by atoms with E-state index in [4.69, 9.17) is 21.4 Å². The Labute approximate surface area is 130 Å². The molecule has 21 heavy (non-hydrogen) atoms. The second kappa shape index (κ2) is 8.25. The van der Waals surface area contributed by atoms with Crippen molar-refractivity contribution >= 4 is 17.5 Å². The van der Waals surface area contributed by atoms with Gasteiger partial charge in [-0.05, 0) is 37.8 Å². The molecule has 5 heteroatoms. The van der Waals surface area contributed by atoms with Crippen molar-refractivity contribution in [3.05, 3.63) is 29.3 Å². The first kappa shape index (κ1) is 16.1. The smallest absolute Gasteiger partial charge is 0.226 e. The van der Waals surface area contributed by atoms with Crippen LogP contribution >= 0.6 is 11.6 Å². The summed E-state index contributed by atoms with van der Waals surface area (Å²) in [5.41, 5.74) is 0. The molecular weight excluding hydrogens is 290 g/mol. The second-order valence-electron chi connectivity index (χ2n) is 5.28. The third-order valence-corrected chi connectivity index (χ3v) is 4.12. The molecule has 1 aliphatic rings. The Hall–Kier alpha value is -1.26. The van der Waals surface area contributed by atoms with E-state index in [-0.39, 0.29) is 12.5 Å². The van der Waals surface area contributed by atoms with Gasteiger partial charge in [0.25, 0.3) is 0 Å². The van der Waals surface area contributed by atoms with Crippen LogP contribution in [0.15, 0.2) is 24.3 Å². The molecule has 0 heterocycles. The van der Waals surface area contributed by atoms with Crippen LogP contribution in [0.25, 0.3) is 0 Å². The Bertz CT molecular complexity index is 463. The third kappa shape index (κ3) is 4.61. The number of halogens is 1. The molecule has 0 saturated heterocycles. The summed E-state index contributed by atoms with van der Waals surface area (Å²) < 4.78 is 5.56. The molecule has 2 rings (SSSR count). The van der Waals surface area contributed by atoms with Crippen molar-refractivity contribution in [3.8, 4) is 5.75 Å². The Kier molecular flexibility index (Phi) is 6.33. The number of benzene rings is 1. The van der Waals surface area contributed by atoms with E-state index >= 15 is 0 Å². The van der Waals surface area contributed by atoms with Crippen LogP contribution in [0.1, 0.15) is 32.1 Å². The summed E-state index contributed by atoms with van der Waals surface area (Å²) in [6, 6.07) is 7.60. The lowest BCUT2D eigenvalue weighted by molar-refractivity contribution is -0.136. The minimum Gasteiger partial charge on any atom is -0.491 e. The maximum atomic E-state index is 12.3. The maximum absolute atomic E-state index is 12.3. The van der Waals surface area contributed by atoms with E-state index in [1.165, 1.54) is 6.42 Å². The summed E-state index contributed by atoms with van der Waals surface area (Å²) in [6.07, 6.45) is 4.30. The van der Waals surface area contributed by atoms with E-state index in [0.717, 1.165) is 12.8 Å². The quantitative estimate of drug-likeness (QED) is 0.803. The van der Waals surface area contributed by atoms with Gasteiger partial charge in [0.1, 0.15) is 5.75 Å². The lowest BCUT2D eigenvalue weighted by atomic mass is 9.91. The number of ether oxygens (including phenoxy) is 1. The molecule has 0 aromatic heterocycles. The Morgan fingerprint density at radius 2 is 2.14 bits per heavy atom. The summed E-state index contributed by atoms with van der Waals surface area (Å²) in [6.45, 7) is 1.07. The molecule has 1 amide bonds. The SMILES string of the molecule is O=C(CCOc1ccccc1Cl)N(CCCO)C1CCC1. The van der Waals surface area contributed by atoms with Gasteiger partial charge in [-0.1, -0.05) is 23.7 Å². The molecule has 0 atom stereocenters. The number of rotatable bonds is 8. The van der Waals surface area contributed by atoms with Gasteiger partial charge in [0.2, 0.25) is 5.91 Å². The number of amides is 1. The number of aliphatic hydroxyl groups is 1. The molecule has 0 unspecified atom stereocenters. The molecule has 1 saturated carbocycles. The molecule has 1 aromatic carbocycles. The zero-order valence-electron chi connectivity index (χ0n) is 12.1. The number of para-hydroxylation sites is 1. The highest BCUT2D eigenvalue weighted by molar-refractivity contribution is 6.32. The van der Waals surface area contributed by atoms with Gasteiger partial charge in [0.05, 0.1) is 18.1 Å². The van der Waals surface area contributed by atoms with Gasteiger partial charge >= 0.3 is 0 Å². The van der Waals surface area contributed by atoms with E-state index < -0.39 is 0 Å². The highest BCUT2D eigenvalue weighted by Crippen LogP contribution is 2.26. The second-order valence-corrected chi connectivity index (χ2v) is 5.69. The first-order valence-electron chi connectivity index (χ1n) is 7.50. The van der Waals surface area contributed by atoms with Crippen molar-refractivity contribution in [3.63, 3.8) is 0 Å². The van der Waals surface area contributed by atoms with Crippen LogP contribution in [0.4, 0.5) is 0 Å². The lowest BCUT2D eigenvalue weighted by Crippen LogP contribution is -2.45. The topological polar surface area (TPSA) is 49.8 Å². The first-order chi connectivity index (χ1) is 10.2. The zero-order valence-corrected chi connectivity index (χ0v) is 12.9. The summed E-state index contributed by atoms with van der Waals surface area (Å²) >= 11 is 6.00. The van der Waals surface area contributed by atoms with Gasteiger partial charge in [-0.2, -0.15) is 0 Å². The van der Waals surface area contributed by atoms with Crippen LogP contribution in [0, 0.1) is 0 Å². The number of hydrogen-bond donors (Lipinski definition) is 1. The van der Waals surface area contributed by atoms with Gasteiger partial charge in [-0.3, -0.25) is 4.79 Å². The summed E-state index contributed by atoms with van der Waals surface area (Å²) in [5.74, 6) is 0.706. The van der Waals surface area contributed by atoms with Gasteiger partial charge in [-0.15, -0.1) is 0 Å². The molecular formula is C16H22ClNO3. The summed E-state index contributed by atoms with van der Waals surface area (Å²) in [4.78, 5) is 14.2. The van der Waals surface area contributed by atoms with Gasteiger partial charge in [0.15, 0.2) is 0 Å². The number of nitrogens with zero attached hydrogens (tertiary/aromatic N) is 1. The van der Waals surface area contributed by atoms with E-state index in [9.17, 15) is 4.79 Å². The predicted octanol–water partition coefficient (Wildman–Crippen LogP) is 2.87. The normalized spacial score (nSPS) is 14.6. The average Bonchev–Trinajstić information content (AvgIpc) is 2.43. The number of aliphatic hydroxyl groups excluding tert-OH is 1. The van der Waals surface area contributed by atoms with E-state index in [1.807, 2.05) is 17.0 Å². The highest BCUT2D eigenvalue weighted by Gasteiger charge is 2.27. The summed E-state index contributed by atoms with van der Waals surface area (Å²) in [7, 11) is 0. The van der Waals surface area contributed by atoms with Crippen molar-refractivity contribution in [2.24, 2.45) is 0 Å². The molecule has 1 aliphatic carbocycles. The number of carbonyl (C=O) groups is 1. The average molecular weight is 312 g/mol. The van der Waals surface area contributed by atoms with Crippen LogP contribution in [-0.4, -0.2) is 41.7 Å². The highest BCUT2D eigenvalue weighted by atomic mass is 35.5. The van der Waals surface area contributed by atoms with Gasteiger partial charge in [-0.25, -0.2) is 0 Å². The molecule has 0 spiro atoms. The minimum atomic E-state index is 0.0974. The molecule has 0 bridgehead atoms. The molecule has 1 fully saturated rings. The molecule has 116 valence electrons. The standard InChI is InChI=1S/C16H22ClNO3/c17-14-7-1-2-8-15(14)21-12-9-16(20)18(10-4-11-19)13-5-3-6-13/h1-2,7-8,13,19H,3-6,9-12H2.